The number of aliphatic hydroxyl groups excluding tert-OH is 1. The van der Waals surface area contributed by atoms with E-state index in [0.29, 0.717) is 24.4 Å². The molecule has 0 aliphatic carbocycles. The lowest BCUT2D eigenvalue weighted by atomic mass is 9.85. The van der Waals surface area contributed by atoms with Gasteiger partial charge >= 0.3 is 5.97 Å². The summed E-state index contributed by atoms with van der Waals surface area (Å²) in [6.45, 7) is 18.4. The molecular weight excluding hydrogens is 326 g/mol. The highest BCUT2D eigenvalue weighted by atomic mass is 16.5. The molecule has 0 bridgehead atoms. The quantitative estimate of drug-likeness (QED) is 0.481. The summed E-state index contributed by atoms with van der Waals surface area (Å²) in [7, 11) is 2.11. The van der Waals surface area contributed by atoms with Crippen LogP contribution in [0.2, 0.25) is 0 Å². The van der Waals surface area contributed by atoms with E-state index in [2.05, 4.69) is 53.5 Å². The van der Waals surface area contributed by atoms with Crippen LogP contribution in [0.3, 0.4) is 0 Å². The molecule has 0 rings (SSSR count). The van der Waals surface area contributed by atoms with E-state index in [4.69, 9.17) is 4.74 Å². The van der Waals surface area contributed by atoms with Crippen LogP contribution >= 0.6 is 0 Å². The van der Waals surface area contributed by atoms with E-state index < -0.39 is 0 Å². The first-order chi connectivity index (χ1) is 12.0. The summed E-state index contributed by atoms with van der Waals surface area (Å²) in [5.41, 5.74) is 0. The van der Waals surface area contributed by atoms with Crippen molar-refractivity contribution < 1.29 is 14.6 Å². The molecule has 0 unspecified atom stereocenters. The Labute approximate surface area is 162 Å². The van der Waals surface area contributed by atoms with Gasteiger partial charge in [-0.1, -0.05) is 41.5 Å². The molecule has 0 radical (unpaired) electrons. The van der Waals surface area contributed by atoms with Crippen LogP contribution < -0.4 is 0 Å². The molecule has 0 spiro atoms. The minimum absolute atomic E-state index is 0.0147. The van der Waals surface area contributed by atoms with Crippen LogP contribution in [-0.2, 0) is 9.53 Å². The molecule has 0 aromatic rings. The predicted molar refractivity (Wildman–Crippen MR) is 110 cm³/mol. The minimum Gasteiger partial charge on any atom is -0.466 e. The molecule has 0 aliphatic heterocycles. The summed E-state index contributed by atoms with van der Waals surface area (Å²) in [6, 6.07) is 0.178. The fourth-order valence-electron chi connectivity index (χ4n) is 4.10. The molecule has 6 atom stereocenters. The second-order valence-corrected chi connectivity index (χ2v) is 9.09. The molecule has 0 amide bonds. The van der Waals surface area contributed by atoms with E-state index >= 15 is 0 Å². The smallest absolute Gasteiger partial charge is 0.308 e. The number of nitrogens with zero attached hydrogens (tertiary/aromatic N) is 1. The van der Waals surface area contributed by atoms with Gasteiger partial charge in [0, 0.05) is 12.6 Å². The number of esters is 1. The van der Waals surface area contributed by atoms with E-state index in [9.17, 15) is 9.90 Å². The normalized spacial score (nSPS) is 19.1. The average Bonchev–Trinajstić information content (AvgIpc) is 2.52. The van der Waals surface area contributed by atoms with Crippen LogP contribution in [0.4, 0.5) is 0 Å². The van der Waals surface area contributed by atoms with Crippen LogP contribution in [0.15, 0.2) is 0 Å². The first-order valence-electron chi connectivity index (χ1n) is 10.5. The highest BCUT2D eigenvalue weighted by molar-refractivity contribution is 5.71. The SMILES string of the molecule is CCOC(=O)[C@H](C)C[C@H](C)C[C@H](C)C[C@@H](C)CN(C)[C@H](C)[C@@H](O)C(C)C. The second kappa shape index (κ2) is 12.7. The van der Waals surface area contributed by atoms with Gasteiger partial charge in [0.05, 0.1) is 18.6 Å². The maximum absolute atomic E-state index is 11.8. The summed E-state index contributed by atoms with van der Waals surface area (Å²) >= 11 is 0. The lowest BCUT2D eigenvalue weighted by Crippen LogP contribution is -2.43. The highest BCUT2D eigenvalue weighted by Crippen LogP contribution is 2.25. The van der Waals surface area contributed by atoms with E-state index in [1.165, 1.54) is 6.42 Å². The van der Waals surface area contributed by atoms with Gasteiger partial charge in [0.15, 0.2) is 0 Å². The zero-order valence-electron chi connectivity index (χ0n) is 18.8. The van der Waals surface area contributed by atoms with Gasteiger partial charge in [-0.3, -0.25) is 4.79 Å². The maximum atomic E-state index is 11.8. The van der Waals surface area contributed by atoms with Gasteiger partial charge in [0.1, 0.15) is 0 Å². The van der Waals surface area contributed by atoms with Crippen molar-refractivity contribution >= 4 is 5.97 Å². The van der Waals surface area contributed by atoms with Crippen molar-refractivity contribution in [2.24, 2.45) is 29.6 Å². The molecule has 0 fully saturated rings. The van der Waals surface area contributed by atoms with Crippen LogP contribution in [0, 0.1) is 29.6 Å². The van der Waals surface area contributed by atoms with Crippen molar-refractivity contribution in [1.82, 2.24) is 4.90 Å². The van der Waals surface area contributed by atoms with Crippen molar-refractivity contribution in [2.75, 3.05) is 20.2 Å². The fourth-order valence-corrected chi connectivity index (χ4v) is 4.10. The number of ether oxygens (including phenoxy) is 1. The Morgan fingerprint density at radius 3 is 1.92 bits per heavy atom. The van der Waals surface area contributed by atoms with Crippen LogP contribution in [-0.4, -0.2) is 48.3 Å². The summed E-state index contributed by atoms with van der Waals surface area (Å²) in [5, 5.41) is 10.3. The van der Waals surface area contributed by atoms with E-state index in [0.717, 1.165) is 19.4 Å². The standard InChI is InChI=1S/C22H45NO3/c1-10-26-22(25)19(7)13-17(5)11-16(4)12-18(6)14-23(9)20(8)21(24)15(2)3/h15-21,24H,10-14H2,1-9H3/t16-,17+,18+,19+,20+,21-/m0/s1. The number of likely N-dealkylation sites (N-methyl/N-ethyl adjacent to an activating group) is 1. The van der Waals surface area contributed by atoms with Gasteiger partial charge in [-0.25, -0.2) is 0 Å². The molecule has 0 aromatic heterocycles. The van der Waals surface area contributed by atoms with Crippen molar-refractivity contribution in [3.8, 4) is 0 Å². The third-order valence-electron chi connectivity index (χ3n) is 5.53. The van der Waals surface area contributed by atoms with Gasteiger partial charge in [-0.2, -0.15) is 0 Å². The third-order valence-corrected chi connectivity index (χ3v) is 5.53. The van der Waals surface area contributed by atoms with Gasteiger partial charge in [0.2, 0.25) is 0 Å². The lowest BCUT2D eigenvalue weighted by Gasteiger charge is -2.33. The number of hydrogen-bond donors (Lipinski definition) is 1. The van der Waals surface area contributed by atoms with Gasteiger partial charge in [0.25, 0.3) is 0 Å². The number of hydrogen-bond acceptors (Lipinski definition) is 4. The first kappa shape index (κ1) is 25.4. The molecule has 26 heavy (non-hydrogen) atoms. The zero-order chi connectivity index (χ0) is 20.4. The Bertz CT molecular complexity index is 386. The van der Waals surface area contributed by atoms with Crippen LogP contribution in [0.5, 0.6) is 0 Å². The van der Waals surface area contributed by atoms with E-state index in [1.54, 1.807) is 0 Å². The Kier molecular flexibility index (Phi) is 12.4. The van der Waals surface area contributed by atoms with Crippen molar-refractivity contribution in [3.05, 3.63) is 0 Å². The molecule has 156 valence electrons. The second-order valence-electron chi connectivity index (χ2n) is 9.09. The van der Waals surface area contributed by atoms with E-state index in [-0.39, 0.29) is 30.0 Å². The molecule has 4 nitrogen and oxygen atoms in total. The predicted octanol–water partition coefficient (Wildman–Crippen LogP) is 4.60. The molecule has 0 aromatic carbocycles. The van der Waals surface area contributed by atoms with Gasteiger partial charge in [-0.05, 0) is 63.8 Å². The number of aliphatic hydroxyl groups is 1. The zero-order valence-corrected chi connectivity index (χ0v) is 18.8. The van der Waals surface area contributed by atoms with Crippen LogP contribution in [0.25, 0.3) is 0 Å². The Hall–Kier alpha value is -0.610. The third kappa shape index (κ3) is 9.91. The average molecular weight is 372 g/mol. The van der Waals surface area contributed by atoms with Gasteiger partial charge < -0.3 is 14.7 Å². The number of carbonyl (C=O) groups excluding carboxylic acids is 1. The lowest BCUT2D eigenvalue weighted by molar-refractivity contribution is -0.148. The van der Waals surface area contributed by atoms with Crippen LogP contribution in [0.1, 0.15) is 74.7 Å². The molecular formula is C22H45NO3. The van der Waals surface area contributed by atoms with Crippen molar-refractivity contribution in [1.29, 1.82) is 0 Å². The summed E-state index contributed by atoms with van der Waals surface area (Å²) in [6.07, 6.45) is 2.93. The van der Waals surface area contributed by atoms with Gasteiger partial charge in [-0.15, -0.1) is 0 Å². The Morgan fingerprint density at radius 2 is 1.42 bits per heavy atom. The van der Waals surface area contributed by atoms with Crippen molar-refractivity contribution in [3.63, 3.8) is 0 Å². The topological polar surface area (TPSA) is 49.8 Å². The minimum atomic E-state index is -0.283. The molecule has 1 N–H and O–H groups in total. The molecule has 4 heteroatoms. The number of rotatable bonds is 13. The monoisotopic (exact) mass is 371 g/mol. The first-order valence-corrected chi connectivity index (χ1v) is 10.5. The fraction of sp³-hybridized carbons (Fsp3) is 0.955. The molecule has 0 saturated heterocycles. The Balaban J connectivity index is 4.29. The highest BCUT2D eigenvalue weighted by Gasteiger charge is 2.24. The molecule has 0 aliphatic rings. The summed E-state index contributed by atoms with van der Waals surface area (Å²) in [4.78, 5) is 14.1. The van der Waals surface area contributed by atoms with Crippen molar-refractivity contribution in [2.45, 2.75) is 86.8 Å². The molecule has 0 saturated carbocycles. The summed E-state index contributed by atoms with van der Waals surface area (Å²) in [5.74, 6) is 1.94. The Morgan fingerprint density at radius 1 is 0.923 bits per heavy atom. The van der Waals surface area contributed by atoms with E-state index in [1.807, 2.05) is 13.8 Å². The largest absolute Gasteiger partial charge is 0.466 e. The molecule has 0 heterocycles. The summed E-state index contributed by atoms with van der Waals surface area (Å²) < 4.78 is 5.11. The number of carbonyl (C=O) groups is 1. The maximum Gasteiger partial charge on any atom is 0.308 e.